The van der Waals surface area contributed by atoms with E-state index >= 15 is 0 Å². The van der Waals surface area contributed by atoms with Crippen molar-refractivity contribution in [2.24, 2.45) is 5.92 Å². The van der Waals surface area contributed by atoms with E-state index in [0.29, 0.717) is 19.1 Å². The molecule has 6 heteroatoms. The molecule has 2 amide bonds. The molecule has 1 atom stereocenters. The SMILES string of the molecule is CN(CC(=O)O)C(=O)NCC1CCOC1. The van der Waals surface area contributed by atoms with Gasteiger partial charge in [-0.1, -0.05) is 0 Å². The fourth-order valence-corrected chi connectivity index (χ4v) is 1.39. The molecule has 0 aromatic carbocycles. The number of amides is 2. The molecule has 0 bridgehead atoms. The number of hydrogen-bond donors (Lipinski definition) is 2. The van der Waals surface area contributed by atoms with E-state index in [4.69, 9.17) is 9.84 Å². The summed E-state index contributed by atoms with van der Waals surface area (Å²) in [5.74, 6) is -0.663. The van der Waals surface area contributed by atoms with Crippen molar-refractivity contribution in [2.75, 3.05) is 33.4 Å². The number of nitrogens with zero attached hydrogens (tertiary/aromatic N) is 1. The standard InChI is InChI=1S/C9H16N2O4/c1-11(5-8(12)13)9(14)10-4-7-2-3-15-6-7/h7H,2-6H2,1H3,(H,10,14)(H,12,13). The molecule has 1 fully saturated rings. The highest BCUT2D eigenvalue weighted by molar-refractivity contribution is 5.79. The maximum atomic E-state index is 11.3. The number of carbonyl (C=O) groups is 2. The molecule has 2 N–H and O–H groups in total. The van der Waals surface area contributed by atoms with E-state index in [1.807, 2.05) is 0 Å². The first-order valence-electron chi connectivity index (χ1n) is 4.88. The van der Waals surface area contributed by atoms with Crippen molar-refractivity contribution in [1.29, 1.82) is 0 Å². The quantitative estimate of drug-likeness (QED) is 0.679. The predicted octanol–water partition coefficient (Wildman–Crippen LogP) is -0.251. The topological polar surface area (TPSA) is 78.9 Å². The summed E-state index contributed by atoms with van der Waals surface area (Å²) in [5.41, 5.74) is 0. The average Bonchev–Trinajstić information content (AvgIpc) is 2.65. The summed E-state index contributed by atoms with van der Waals surface area (Å²) in [6.45, 7) is 1.67. The lowest BCUT2D eigenvalue weighted by molar-refractivity contribution is -0.137. The highest BCUT2D eigenvalue weighted by Gasteiger charge is 2.18. The van der Waals surface area contributed by atoms with Gasteiger partial charge in [0.05, 0.1) is 6.61 Å². The fourth-order valence-electron chi connectivity index (χ4n) is 1.39. The summed E-state index contributed by atoms with van der Waals surface area (Å²) >= 11 is 0. The van der Waals surface area contributed by atoms with Crippen LogP contribution in [0.1, 0.15) is 6.42 Å². The number of nitrogens with one attached hydrogen (secondary N) is 1. The lowest BCUT2D eigenvalue weighted by Gasteiger charge is -2.17. The van der Waals surface area contributed by atoms with Crippen LogP contribution >= 0.6 is 0 Å². The molecule has 15 heavy (non-hydrogen) atoms. The van der Waals surface area contributed by atoms with Crippen molar-refractivity contribution < 1.29 is 19.4 Å². The molecule has 1 saturated heterocycles. The molecule has 0 aliphatic carbocycles. The molecule has 1 heterocycles. The van der Waals surface area contributed by atoms with Crippen LogP contribution in [0.15, 0.2) is 0 Å². The molecule has 0 spiro atoms. The van der Waals surface area contributed by atoms with Gasteiger partial charge in [-0.05, 0) is 6.42 Å². The second-order valence-electron chi connectivity index (χ2n) is 3.67. The van der Waals surface area contributed by atoms with Gasteiger partial charge in [-0.15, -0.1) is 0 Å². The minimum atomic E-state index is -1.02. The second kappa shape index (κ2) is 5.55. The Kier molecular flexibility index (Phi) is 4.36. The number of carboxylic acids is 1. The Labute approximate surface area is 88.2 Å². The number of carbonyl (C=O) groups excluding carboxylic acids is 1. The second-order valence-corrected chi connectivity index (χ2v) is 3.67. The number of rotatable bonds is 4. The molecule has 1 aliphatic rings. The van der Waals surface area contributed by atoms with Gasteiger partial charge < -0.3 is 20.1 Å². The lowest BCUT2D eigenvalue weighted by atomic mass is 10.1. The molecule has 0 saturated carbocycles. The van der Waals surface area contributed by atoms with Crippen LogP contribution in [-0.4, -0.2) is 55.4 Å². The van der Waals surface area contributed by atoms with Gasteiger partial charge in [0.25, 0.3) is 0 Å². The number of hydrogen-bond acceptors (Lipinski definition) is 3. The third-order valence-corrected chi connectivity index (χ3v) is 2.29. The molecule has 0 aromatic rings. The summed E-state index contributed by atoms with van der Waals surface area (Å²) in [7, 11) is 1.45. The molecular weight excluding hydrogens is 200 g/mol. The smallest absolute Gasteiger partial charge is 0.323 e. The first-order chi connectivity index (χ1) is 7.09. The Morgan fingerprint density at radius 3 is 2.87 bits per heavy atom. The molecule has 0 aromatic heterocycles. The van der Waals surface area contributed by atoms with Crippen LogP contribution < -0.4 is 5.32 Å². The molecular formula is C9H16N2O4. The van der Waals surface area contributed by atoms with E-state index in [-0.39, 0.29) is 12.6 Å². The van der Waals surface area contributed by atoms with Gasteiger partial charge >= 0.3 is 12.0 Å². The van der Waals surface area contributed by atoms with Crippen molar-refractivity contribution in [3.05, 3.63) is 0 Å². The van der Waals surface area contributed by atoms with Crippen LogP contribution in [0.2, 0.25) is 0 Å². The Morgan fingerprint density at radius 2 is 2.33 bits per heavy atom. The van der Waals surface area contributed by atoms with Gasteiger partial charge in [-0.2, -0.15) is 0 Å². The maximum absolute atomic E-state index is 11.3. The van der Waals surface area contributed by atoms with E-state index in [1.54, 1.807) is 0 Å². The summed E-state index contributed by atoms with van der Waals surface area (Å²) in [5, 5.41) is 11.1. The Balaban J connectivity index is 2.19. The Bertz CT molecular complexity index is 238. The normalized spacial score (nSPS) is 19.9. The number of ether oxygens (including phenoxy) is 1. The van der Waals surface area contributed by atoms with Crippen LogP contribution in [0, 0.1) is 5.92 Å². The van der Waals surface area contributed by atoms with E-state index in [0.717, 1.165) is 17.9 Å². The zero-order valence-electron chi connectivity index (χ0n) is 8.73. The van der Waals surface area contributed by atoms with Gasteiger partial charge in [0.2, 0.25) is 0 Å². The summed E-state index contributed by atoms with van der Waals surface area (Å²) in [6.07, 6.45) is 0.947. The number of carboxylic acid groups (broad SMARTS) is 1. The van der Waals surface area contributed by atoms with Gasteiger partial charge in [0, 0.05) is 26.1 Å². The van der Waals surface area contributed by atoms with E-state index in [9.17, 15) is 9.59 Å². The maximum Gasteiger partial charge on any atom is 0.323 e. The van der Waals surface area contributed by atoms with Gasteiger partial charge in [0.15, 0.2) is 0 Å². The molecule has 1 aliphatic heterocycles. The van der Waals surface area contributed by atoms with Gasteiger partial charge in [-0.3, -0.25) is 4.79 Å². The van der Waals surface area contributed by atoms with E-state index in [2.05, 4.69) is 5.32 Å². The van der Waals surface area contributed by atoms with Crippen molar-refractivity contribution in [1.82, 2.24) is 10.2 Å². The summed E-state index contributed by atoms with van der Waals surface area (Å²) < 4.78 is 5.16. The highest BCUT2D eigenvalue weighted by Crippen LogP contribution is 2.10. The van der Waals surface area contributed by atoms with Gasteiger partial charge in [0.1, 0.15) is 6.54 Å². The van der Waals surface area contributed by atoms with Crippen molar-refractivity contribution in [2.45, 2.75) is 6.42 Å². The van der Waals surface area contributed by atoms with Crippen LogP contribution in [0.25, 0.3) is 0 Å². The summed E-state index contributed by atoms with van der Waals surface area (Å²) in [6, 6.07) is -0.357. The third kappa shape index (κ3) is 4.16. The van der Waals surface area contributed by atoms with Crippen LogP contribution in [0.5, 0.6) is 0 Å². The largest absolute Gasteiger partial charge is 0.480 e. The van der Waals surface area contributed by atoms with Crippen molar-refractivity contribution in [3.8, 4) is 0 Å². The lowest BCUT2D eigenvalue weighted by Crippen LogP contribution is -2.41. The van der Waals surface area contributed by atoms with Crippen molar-refractivity contribution in [3.63, 3.8) is 0 Å². The van der Waals surface area contributed by atoms with Gasteiger partial charge in [-0.25, -0.2) is 4.79 Å². The molecule has 1 unspecified atom stereocenters. The monoisotopic (exact) mass is 216 g/mol. The van der Waals surface area contributed by atoms with E-state index < -0.39 is 5.97 Å². The summed E-state index contributed by atoms with van der Waals surface area (Å²) in [4.78, 5) is 22.8. The molecule has 86 valence electrons. The molecule has 6 nitrogen and oxygen atoms in total. The highest BCUT2D eigenvalue weighted by atomic mass is 16.5. The minimum Gasteiger partial charge on any atom is -0.480 e. The first kappa shape index (κ1) is 11.8. The number of likely N-dealkylation sites (N-methyl/N-ethyl adjacent to an activating group) is 1. The zero-order chi connectivity index (χ0) is 11.3. The number of aliphatic carboxylic acids is 1. The Hall–Kier alpha value is -1.30. The van der Waals surface area contributed by atoms with Crippen molar-refractivity contribution >= 4 is 12.0 Å². The zero-order valence-corrected chi connectivity index (χ0v) is 8.73. The fraction of sp³-hybridized carbons (Fsp3) is 0.778. The molecule has 1 rings (SSSR count). The minimum absolute atomic E-state index is 0.285. The van der Waals surface area contributed by atoms with E-state index in [1.165, 1.54) is 7.05 Å². The first-order valence-corrected chi connectivity index (χ1v) is 4.88. The predicted molar refractivity (Wildman–Crippen MR) is 52.6 cm³/mol. The van der Waals surface area contributed by atoms with Crippen LogP contribution in [0.3, 0.4) is 0 Å². The Morgan fingerprint density at radius 1 is 1.60 bits per heavy atom. The van der Waals surface area contributed by atoms with Crippen LogP contribution in [0.4, 0.5) is 4.79 Å². The number of urea groups is 1. The third-order valence-electron chi connectivity index (χ3n) is 2.29. The average molecular weight is 216 g/mol. The van der Waals surface area contributed by atoms with Crippen LogP contribution in [-0.2, 0) is 9.53 Å². The molecule has 0 radical (unpaired) electrons.